The van der Waals surface area contributed by atoms with Crippen molar-refractivity contribution in [2.75, 3.05) is 13.7 Å². The zero-order valence-corrected chi connectivity index (χ0v) is 7.88. The molecule has 1 heterocycles. The summed E-state index contributed by atoms with van der Waals surface area (Å²) in [7, 11) is 1.46. The molecule has 0 aromatic rings. The van der Waals surface area contributed by atoms with Gasteiger partial charge in [0.05, 0.1) is 24.9 Å². The molecule has 78 valence electrons. The first-order chi connectivity index (χ1) is 6.11. The first-order valence-corrected chi connectivity index (χ1v) is 4.34. The van der Waals surface area contributed by atoms with Crippen molar-refractivity contribution in [3.63, 3.8) is 0 Å². The molecule has 1 saturated heterocycles. The summed E-state index contributed by atoms with van der Waals surface area (Å²) in [5.74, 6) is -0.175. The summed E-state index contributed by atoms with van der Waals surface area (Å²) < 4.78 is 10.3. The van der Waals surface area contributed by atoms with E-state index < -0.39 is 24.5 Å². The largest absolute Gasteiger partial charge is 0.394 e. The van der Waals surface area contributed by atoms with Crippen LogP contribution in [0.15, 0.2) is 0 Å². The van der Waals surface area contributed by atoms with Gasteiger partial charge in [-0.25, -0.2) is 0 Å². The van der Waals surface area contributed by atoms with E-state index in [-0.39, 0.29) is 12.5 Å². The molecule has 0 aromatic heterocycles. The Kier molecular flexibility index (Phi) is 3.63. The lowest BCUT2D eigenvalue weighted by Gasteiger charge is -2.40. The monoisotopic (exact) mass is 191 g/mol. The van der Waals surface area contributed by atoms with Crippen molar-refractivity contribution in [3.05, 3.63) is 0 Å². The Morgan fingerprint density at radius 3 is 2.62 bits per heavy atom. The van der Waals surface area contributed by atoms with Crippen LogP contribution in [0.25, 0.3) is 0 Å². The quantitative estimate of drug-likeness (QED) is 0.504. The molecule has 4 N–H and O–H groups in total. The molecule has 1 rings (SSSR count). The van der Waals surface area contributed by atoms with Gasteiger partial charge in [-0.05, 0) is 0 Å². The van der Waals surface area contributed by atoms with E-state index in [0.29, 0.717) is 0 Å². The van der Waals surface area contributed by atoms with Gasteiger partial charge in [0, 0.05) is 13.0 Å². The molecule has 0 aromatic carbocycles. The van der Waals surface area contributed by atoms with E-state index in [0.717, 1.165) is 0 Å². The van der Waals surface area contributed by atoms with Crippen LogP contribution in [0.3, 0.4) is 0 Å². The topological polar surface area (TPSA) is 84.9 Å². The van der Waals surface area contributed by atoms with Gasteiger partial charge in [-0.1, -0.05) is 6.92 Å². The van der Waals surface area contributed by atoms with Crippen molar-refractivity contribution in [1.29, 1.82) is 0 Å². The number of hydrogen-bond donors (Lipinski definition) is 3. The molecule has 0 bridgehead atoms. The summed E-state index contributed by atoms with van der Waals surface area (Å²) in [5, 5.41) is 18.6. The summed E-state index contributed by atoms with van der Waals surface area (Å²) in [5.41, 5.74) is 5.66. The van der Waals surface area contributed by atoms with E-state index in [1.165, 1.54) is 7.11 Å². The third kappa shape index (κ3) is 2.00. The van der Waals surface area contributed by atoms with Crippen molar-refractivity contribution >= 4 is 0 Å². The molecule has 5 atom stereocenters. The SMILES string of the molecule is CO[C@H]1OC(CO)[C@@H](C)C(O)C1N. The van der Waals surface area contributed by atoms with Crippen LogP contribution in [0, 0.1) is 5.92 Å². The number of methoxy groups -OCH3 is 1. The van der Waals surface area contributed by atoms with Gasteiger partial charge >= 0.3 is 0 Å². The van der Waals surface area contributed by atoms with Crippen LogP contribution in [0.4, 0.5) is 0 Å². The first kappa shape index (κ1) is 10.9. The fraction of sp³-hybridized carbons (Fsp3) is 1.00. The highest BCUT2D eigenvalue weighted by molar-refractivity contribution is 4.88. The molecule has 13 heavy (non-hydrogen) atoms. The van der Waals surface area contributed by atoms with Crippen LogP contribution < -0.4 is 5.73 Å². The van der Waals surface area contributed by atoms with Crippen LogP contribution >= 0.6 is 0 Å². The molecule has 0 radical (unpaired) electrons. The minimum atomic E-state index is -0.698. The van der Waals surface area contributed by atoms with Crippen molar-refractivity contribution in [3.8, 4) is 0 Å². The van der Waals surface area contributed by atoms with E-state index in [4.69, 9.17) is 20.3 Å². The fourth-order valence-corrected chi connectivity index (χ4v) is 1.54. The maximum atomic E-state index is 9.65. The summed E-state index contributed by atoms with van der Waals surface area (Å²) >= 11 is 0. The number of hydrogen-bond acceptors (Lipinski definition) is 5. The Bertz CT molecular complexity index is 146. The molecule has 0 saturated carbocycles. The third-order valence-corrected chi connectivity index (χ3v) is 2.55. The third-order valence-electron chi connectivity index (χ3n) is 2.55. The van der Waals surface area contributed by atoms with Crippen molar-refractivity contribution < 1.29 is 19.7 Å². The summed E-state index contributed by atoms with van der Waals surface area (Å²) in [6.45, 7) is 1.65. The molecule has 0 spiro atoms. The Morgan fingerprint density at radius 2 is 2.15 bits per heavy atom. The predicted octanol–water partition coefficient (Wildman–Crippen LogP) is -1.33. The second-order valence-corrected chi connectivity index (χ2v) is 3.39. The van der Waals surface area contributed by atoms with Gasteiger partial charge in [0.1, 0.15) is 0 Å². The fourth-order valence-electron chi connectivity index (χ4n) is 1.54. The van der Waals surface area contributed by atoms with Crippen LogP contribution in [0.5, 0.6) is 0 Å². The Labute approximate surface area is 77.4 Å². The average molecular weight is 191 g/mol. The number of ether oxygens (including phenoxy) is 2. The summed E-state index contributed by atoms with van der Waals surface area (Å²) in [4.78, 5) is 0. The van der Waals surface area contributed by atoms with Gasteiger partial charge in [-0.15, -0.1) is 0 Å². The zero-order chi connectivity index (χ0) is 10.0. The lowest BCUT2D eigenvalue weighted by atomic mass is 9.90. The predicted molar refractivity (Wildman–Crippen MR) is 45.9 cm³/mol. The normalized spacial score (nSPS) is 46.4. The molecule has 1 aliphatic heterocycles. The maximum Gasteiger partial charge on any atom is 0.175 e. The highest BCUT2D eigenvalue weighted by Crippen LogP contribution is 2.24. The van der Waals surface area contributed by atoms with E-state index in [1.54, 1.807) is 6.92 Å². The Hall–Kier alpha value is -0.200. The molecule has 0 aliphatic carbocycles. The standard InChI is InChI=1S/C8H17NO4/c1-4-5(3-10)13-8(12-2)6(9)7(4)11/h4-8,10-11H,3,9H2,1-2H3/t4-,5?,6?,7?,8+/m1/s1. The lowest BCUT2D eigenvalue weighted by Crippen LogP contribution is -2.58. The van der Waals surface area contributed by atoms with E-state index in [1.807, 2.05) is 0 Å². The molecular weight excluding hydrogens is 174 g/mol. The number of aliphatic hydroxyl groups excluding tert-OH is 2. The highest BCUT2D eigenvalue weighted by atomic mass is 16.7. The van der Waals surface area contributed by atoms with Gasteiger partial charge in [0.2, 0.25) is 0 Å². The highest BCUT2D eigenvalue weighted by Gasteiger charge is 2.40. The van der Waals surface area contributed by atoms with Gasteiger partial charge < -0.3 is 25.4 Å². The van der Waals surface area contributed by atoms with Gasteiger partial charge in [-0.3, -0.25) is 0 Å². The minimum Gasteiger partial charge on any atom is -0.394 e. The first-order valence-electron chi connectivity index (χ1n) is 4.34. The van der Waals surface area contributed by atoms with Crippen molar-refractivity contribution in [2.24, 2.45) is 11.7 Å². The smallest absolute Gasteiger partial charge is 0.175 e. The van der Waals surface area contributed by atoms with E-state index >= 15 is 0 Å². The molecule has 5 heteroatoms. The molecule has 1 aliphatic rings. The number of nitrogens with two attached hydrogens (primary N) is 1. The van der Waals surface area contributed by atoms with E-state index in [2.05, 4.69) is 0 Å². The molecule has 0 amide bonds. The zero-order valence-electron chi connectivity index (χ0n) is 7.88. The number of aliphatic hydroxyl groups is 2. The van der Waals surface area contributed by atoms with Crippen LogP contribution in [0.1, 0.15) is 6.92 Å². The van der Waals surface area contributed by atoms with Gasteiger partial charge in [-0.2, -0.15) is 0 Å². The van der Waals surface area contributed by atoms with Gasteiger partial charge in [0.15, 0.2) is 6.29 Å². The van der Waals surface area contributed by atoms with Crippen LogP contribution in [-0.4, -0.2) is 48.5 Å². The molecule has 1 fully saturated rings. The second kappa shape index (κ2) is 4.34. The lowest BCUT2D eigenvalue weighted by molar-refractivity contribution is -0.240. The number of rotatable bonds is 2. The molecule has 3 unspecified atom stereocenters. The van der Waals surface area contributed by atoms with Crippen molar-refractivity contribution in [2.45, 2.75) is 31.5 Å². The maximum absolute atomic E-state index is 9.65. The van der Waals surface area contributed by atoms with E-state index in [9.17, 15) is 5.11 Å². The molecule has 5 nitrogen and oxygen atoms in total. The summed E-state index contributed by atoms with van der Waals surface area (Å²) in [6.07, 6.45) is -1.74. The van der Waals surface area contributed by atoms with Crippen LogP contribution in [-0.2, 0) is 9.47 Å². The van der Waals surface area contributed by atoms with Gasteiger partial charge in [0.25, 0.3) is 0 Å². The Balaban J connectivity index is 2.66. The second-order valence-electron chi connectivity index (χ2n) is 3.39. The molecular formula is C8H17NO4. The van der Waals surface area contributed by atoms with Crippen molar-refractivity contribution in [1.82, 2.24) is 0 Å². The summed E-state index contributed by atoms with van der Waals surface area (Å²) in [6, 6.07) is -0.553. The minimum absolute atomic E-state index is 0.134. The van der Waals surface area contributed by atoms with Crippen LogP contribution in [0.2, 0.25) is 0 Å². The Morgan fingerprint density at radius 1 is 1.54 bits per heavy atom. The average Bonchev–Trinajstić information content (AvgIpc) is 2.15.